The van der Waals surface area contributed by atoms with Crippen LogP contribution in [-0.4, -0.2) is 6.54 Å². The lowest BCUT2D eigenvalue weighted by atomic mass is 9.96. The molecule has 2 heterocycles. The van der Waals surface area contributed by atoms with E-state index in [9.17, 15) is 0 Å². The predicted octanol–water partition coefficient (Wildman–Crippen LogP) is 4.17. The van der Waals surface area contributed by atoms with Gasteiger partial charge in [-0.05, 0) is 55.0 Å². The molecule has 1 nitrogen and oxygen atoms in total. The summed E-state index contributed by atoms with van der Waals surface area (Å²) in [5.41, 5.74) is 6.30. The van der Waals surface area contributed by atoms with Gasteiger partial charge >= 0.3 is 0 Å². The van der Waals surface area contributed by atoms with E-state index in [1.807, 2.05) is 11.3 Å². The molecule has 1 spiro atoms. The minimum absolute atomic E-state index is 0.508. The highest BCUT2D eigenvalue weighted by Crippen LogP contribution is 2.54. The van der Waals surface area contributed by atoms with Crippen LogP contribution < -0.4 is 5.32 Å². The van der Waals surface area contributed by atoms with E-state index in [0.717, 1.165) is 6.54 Å². The summed E-state index contributed by atoms with van der Waals surface area (Å²) < 4.78 is 0. The van der Waals surface area contributed by atoms with Gasteiger partial charge in [-0.2, -0.15) is 0 Å². The first-order valence-corrected chi connectivity index (χ1v) is 7.92. The summed E-state index contributed by atoms with van der Waals surface area (Å²) >= 11 is 2.04. The molecule has 0 bridgehead atoms. The molecule has 1 saturated carbocycles. The Hall–Kier alpha value is -1.12. The SMILES string of the molecule is Cc1cccc(-c2cc3c(s2)C2(CC2)CNC3)c1C. The van der Waals surface area contributed by atoms with E-state index in [4.69, 9.17) is 0 Å². The average Bonchev–Trinajstić information content (AvgIpc) is 3.02. The van der Waals surface area contributed by atoms with E-state index in [2.05, 4.69) is 43.4 Å². The molecular formula is C17H19NS. The number of benzene rings is 1. The Morgan fingerprint density at radius 1 is 1.21 bits per heavy atom. The van der Waals surface area contributed by atoms with Gasteiger partial charge in [-0.1, -0.05) is 18.2 Å². The van der Waals surface area contributed by atoms with E-state index in [1.165, 1.54) is 41.0 Å². The maximum absolute atomic E-state index is 3.59. The predicted molar refractivity (Wildman–Crippen MR) is 81.8 cm³/mol. The lowest BCUT2D eigenvalue weighted by molar-refractivity contribution is 0.541. The van der Waals surface area contributed by atoms with Crippen molar-refractivity contribution in [2.75, 3.05) is 6.54 Å². The van der Waals surface area contributed by atoms with Crippen molar-refractivity contribution in [2.45, 2.75) is 38.6 Å². The van der Waals surface area contributed by atoms with Gasteiger partial charge in [-0.3, -0.25) is 0 Å². The zero-order valence-corrected chi connectivity index (χ0v) is 12.4. The Kier molecular flexibility index (Phi) is 2.42. The summed E-state index contributed by atoms with van der Waals surface area (Å²) in [5.74, 6) is 0. The second kappa shape index (κ2) is 3.94. The van der Waals surface area contributed by atoms with Crippen molar-refractivity contribution in [3.63, 3.8) is 0 Å². The van der Waals surface area contributed by atoms with Gasteiger partial charge in [0.15, 0.2) is 0 Å². The van der Waals surface area contributed by atoms with Crippen LogP contribution in [0.5, 0.6) is 0 Å². The first-order valence-electron chi connectivity index (χ1n) is 7.10. The molecule has 19 heavy (non-hydrogen) atoms. The lowest BCUT2D eigenvalue weighted by Gasteiger charge is -2.22. The zero-order valence-electron chi connectivity index (χ0n) is 11.5. The molecule has 2 aromatic rings. The van der Waals surface area contributed by atoms with E-state index >= 15 is 0 Å². The van der Waals surface area contributed by atoms with Crippen molar-refractivity contribution < 1.29 is 0 Å². The van der Waals surface area contributed by atoms with Crippen LogP contribution in [0, 0.1) is 13.8 Å². The summed E-state index contributed by atoms with van der Waals surface area (Å²) in [6, 6.07) is 9.08. The molecule has 0 atom stereocenters. The van der Waals surface area contributed by atoms with Gasteiger partial charge in [0.2, 0.25) is 0 Å². The van der Waals surface area contributed by atoms with Crippen molar-refractivity contribution in [3.8, 4) is 10.4 Å². The number of thiophene rings is 1. The maximum atomic E-state index is 3.59. The van der Waals surface area contributed by atoms with Crippen LogP contribution >= 0.6 is 11.3 Å². The quantitative estimate of drug-likeness (QED) is 0.819. The lowest BCUT2D eigenvalue weighted by Crippen LogP contribution is -2.31. The first kappa shape index (κ1) is 11.7. The minimum Gasteiger partial charge on any atom is -0.312 e. The minimum atomic E-state index is 0.508. The van der Waals surface area contributed by atoms with Crippen molar-refractivity contribution in [2.24, 2.45) is 0 Å². The highest BCUT2D eigenvalue weighted by atomic mass is 32.1. The van der Waals surface area contributed by atoms with Gasteiger partial charge < -0.3 is 5.32 Å². The molecule has 0 radical (unpaired) electrons. The molecule has 1 aromatic carbocycles. The number of nitrogens with one attached hydrogen (secondary N) is 1. The fourth-order valence-corrected chi connectivity index (χ4v) is 4.74. The average molecular weight is 269 g/mol. The Labute approximate surface area is 118 Å². The van der Waals surface area contributed by atoms with Gasteiger partial charge in [0.1, 0.15) is 0 Å². The standard InChI is InChI=1S/C17H19NS/c1-11-4-3-5-14(12(11)2)15-8-13-9-18-10-17(6-7-17)16(13)19-15/h3-5,8,18H,6-7,9-10H2,1-2H3. The van der Waals surface area contributed by atoms with E-state index in [0.29, 0.717) is 5.41 Å². The van der Waals surface area contributed by atoms with Crippen LogP contribution in [0.15, 0.2) is 24.3 Å². The fraction of sp³-hybridized carbons (Fsp3) is 0.412. The van der Waals surface area contributed by atoms with Crippen LogP contribution in [0.1, 0.15) is 34.4 Å². The highest BCUT2D eigenvalue weighted by molar-refractivity contribution is 7.16. The summed E-state index contributed by atoms with van der Waals surface area (Å²) in [5, 5.41) is 3.59. The Morgan fingerprint density at radius 2 is 2.05 bits per heavy atom. The van der Waals surface area contributed by atoms with E-state index in [-0.39, 0.29) is 0 Å². The molecule has 1 N–H and O–H groups in total. The van der Waals surface area contributed by atoms with Gasteiger partial charge in [0, 0.05) is 28.3 Å². The van der Waals surface area contributed by atoms with Crippen molar-refractivity contribution >= 4 is 11.3 Å². The van der Waals surface area contributed by atoms with Gasteiger partial charge in [-0.15, -0.1) is 11.3 Å². The van der Waals surface area contributed by atoms with E-state index < -0.39 is 0 Å². The molecule has 0 saturated heterocycles. The van der Waals surface area contributed by atoms with Gasteiger partial charge in [0.05, 0.1) is 0 Å². The van der Waals surface area contributed by atoms with Gasteiger partial charge in [0.25, 0.3) is 0 Å². The molecule has 2 aliphatic rings. The van der Waals surface area contributed by atoms with Crippen LogP contribution in [0.25, 0.3) is 10.4 Å². The molecule has 1 aliphatic heterocycles. The molecule has 1 aliphatic carbocycles. The van der Waals surface area contributed by atoms with Crippen LogP contribution in [-0.2, 0) is 12.0 Å². The Balaban J connectivity index is 1.85. The Bertz CT molecular complexity index is 649. The number of rotatable bonds is 1. The van der Waals surface area contributed by atoms with Crippen LogP contribution in [0.3, 0.4) is 0 Å². The van der Waals surface area contributed by atoms with Gasteiger partial charge in [-0.25, -0.2) is 0 Å². The highest BCUT2D eigenvalue weighted by Gasteiger charge is 2.48. The fourth-order valence-electron chi connectivity index (χ4n) is 3.23. The molecule has 1 aromatic heterocycles. The maximum Gasteiger partial charge on any atom is 0.0351 e. The van der Waals surface area contributed by atoms with Crippen LogP contribution in [0.2, 0.25) is 0 Å². The number of hydrogen-bond donors (Lipinski definition) is 1. The second-order valence-corrected chi connectivity index (χ2v) is 7.15. The molecule has 4 rings (SSSR count). The third-order valence-electron chi connectivity index (χ3n) is 4.79. The number of hydrogen-bond acceptors (Lipinski definition) is 2. The van der Waals surface area contributed by atoms with Crippen LogP contribution in [0.4, 0.5) is 0 Å². The third kappa shape index (κ3) is 1.70. The largest absolute Gasteiger partial charge is 0.312 e. The van der Waals surface area contributed by atoms with Crippen molar-refractivity contribution in [1.29, 1.82) is 0 Å². The second-order valence-electron chi connectivity index (χ2n) is 6.10. The molecule has 0 amide bonds. The third-order valence-corrected chi connectivity index (χ3v) is 6.25. The van der Waals surface area contributed by atoms with E-state index in [1.54, 1.807) is 10.4 Å². The first-order chi connectivity index (χ1) is 9.20. The topological polar surface area (TPSA) is 12.0 Å². The molecule has 1 fully saturated rings. The van der Waals surface area contributed by atoms with Crippen molar-refractivity contribution in [1.82, 2.24) is 5.32 Å². The molecule has 98 valence electrons. The molecule has 0 unspecified atom stereocenters. The summed E-state index contributed by atoms with van der Waals surface area (Å²) in [6.07, 6.45) is 2.75. The monoisotopic (exact) mass is 269 g/mol. The number of aryl methyl sites for hydroxylation is 1. The Morgan fingerprint density at radius 3 is 2.84 bits per heavy atom. The smallest absolute Gasteiger partial charge is 0.0351 e. The summed E-state index contributed by atoms with van der Waals surface area (Å²) in [7, 11) is 0. The van der Waals surface area contributed by atoms with Crippen molar-refractivity contribution in [3.05, 3.63) is 45.8 Å². The zero-order chi connectivity index (χ0) is 13.0. The molecular weight excluding hydrogens is 250 g/mol. The molecule has 2 heteroatoms. The normalized spacial score (nSPS) is 19.5. The summed E-state index contributed by atoms with van der Waals surface area (Å²) in [4.78, 5) is 3.13. The number of fused-ring (bicyclic) bond motifs is 2. The summed E-state index contributed by atoms with van der Waals surface area (Å²) in [6.45, 7) is 6.69.